The first-order valence-electron chi connectivity index (χ1n) is 13.1. The van der Waals surface area contributed by atoms with E-state index in [-0.39, 0.29) is 38.5 Å². The summed E-state index contributed by atoms with van der Waals surface area (Å²) in [5.41, 5.74) is 8.37. The molecule has 1 amide bonds. The van der Waals surface area contributed by atoms with Crippen molar-refractivity contribution in [2.75, 3.05) is 12.8 Å². The van der Waals surface area contributed by atoms with E-state index in [4.69, 9.17) is 22.1 Å². The highest BCUT2D eigenvalue weighted by atomic mass is 35.5. The molecule has 2 heterocycles. The average Bonchev–Trinajstić information content (AvgIpc) is 3.32. The number of ether oxygens (including phenoxy) is 1. The van der Waals surface area contributed by atoms with E-state index in [0.29, 0.717) is 17.5 Å². The van der Waals surface area contributed by atoms with Crippen molar-refractivity contribution in [3.63, 3.8) is 0 Å². The van der Waals surface area contributed by atoms with E-state index in [0.717, 1.165) is 72.3 Å². The molecule has 39 heavy (non-hydrogen) atoms. The van der Waals surface area contributed by atoms with E-state index in [2.05, 4.69) is 11.9 Å². The molecule has 2 N–H and O–H groups in total. The fourth-order valence-electron chi connectivity index (χ4n) is 5.44. The van der Waals surface area contributed by atoms with Crippen molar-refractivity contribution in [2.24, 2.45) is 5.92 Å². The molecule has 1 saturated carbocycles. The third kappa shape index (κ3) is 5.45. The number of carbonyl (C=O) groups excluding carboxylic acids is 1. The van der Waals surface area contributed by atoms with E-state index in [9.17, 15) is 13.6 Å². The second-order valence-electron chi connectivity index (χ2n) is 9.99. The summed E-state index contributed by atoms with van der Waals surface area (Å²) in [6.45, 7) is 2.45. The first-order chi connectivity index (χ1) is 18.8. The summed E-state index contributed by atoms with van der Waals surface area (Å²) in [5.74, 6) is 0.125. The Bertz CT molecular complexity index is 1500. The number of thiophene rings is 1. The Hall–Kier alpha value is -3.23. The molecule has 5 nitrogen and oxygen atoms in total. The summed E-state index contributed by atoms with van der Waals surface area (Å²) < 4.78 is 34.9. The van der Waals surface area contributed by atoms with Crippen LogP contribution in [-0.4, -0.2) is 28.9 Å². The molecule has 9 heteroatoms. The van der Waals surface area contributed by atoms with Gasteiger partial charge in [-0.15, -0.1) is 11.3 Å². The van der Waals surface area contributed by atoms with Gasteiger partial charge in [0.15, 0.2) is 0 Å². The maximum Gasteiger partial charge on any atom is 0.266 e. The van der Waals surface area contributed by atoms with Gasteiger partial charge in [-0.05, 0) is 73.6 Å². The number of hydrogen-bond donors (Lipinski definition) is 1. The third-order valence-electron chi connectivity index (χ3n) is 7.71. The van der Waals surface area contributed by atoms with Crippen LogP contribution in [0.5, 0.6) is 5.75 Å². The molecular weight excluding hydrogens is 540 g/mol. The van der Waals surface area contributed by atoms with Gasteiger partial charge >= 0.3 is 0 Å². The minimum atomic E-state index is -0.645. The first kappa shape index (κ1) is 27.3. The zero-order chi connectivity index (χ0) is 27.7. The van der Waals surface area contributed by atoms with Gasteiger partial charge in [0.1, 0.15) is 28.1 Å². The molecule has 1 fully saturated rings. The molecule has 0 aliphatic heterocycles. The number of methoxy groups -OCH3 is 1. The van der Waals surface area contributed by atoms with Crippen LogP contribution in [0.1, 0.15) is 54.3 Å². The zero-order valence-corrected chi connectivity index (χ0v) is 23.4. The Kier molecular flexibility index (Phi) is 8.05. The lowest BCUT2D eigenvalue weighted by atomic mass is 9.83. The second kappa shape index (κ2) is 11.5. The first-order valence-corrected chi connectivity index (χ1v) is 14.3. The number of aromatic nitrogens is 1. The quantitative estimate of drug-likeness (QED) is 0.244. The number of amides is 1. The van der Waals surface area contributed by atoms with Crippen molar-refractivity contribution in [3.8, 4) is 16.9 Å². The van der Waals surface area contributed by atoms with Gasteiger partial charge in [0.25, 0.3) is 5.91 Å². The number of nitrogens with zero attached hydrogens (tertiary/aromatic N) is 2. The van der Waals surface area contributed by atoms with Crippen LogP contribution in [-0.2, 0) is 6.54 Å². The van der Waals surface area contributed by atoms with Gasteiger partial charge in [-0.25, -0.2) is 13.8 Å². The van der Waals surface area contributed by atoms with E-state index >= 15 is 0 Å². The van der Waals surface area contributed by atoms with E-state index in [1.165, 1.54) is 0 Å². The van der Waals surface area contributed by atoms with Crippen molar-refractivity contribution >= 4 is 44.7 Å². The number of nitrogen functional groups attached to an aromatic ring is 1. The lowest BCUT2D eigenvalue weighted by Gasteiger charge is -2.37. The minimum Gasteiger partial charge on any atom is -0.496 e. The molecule has 4 aromatic rings. The Morgan fingerprint density at radius 1 is 1.10 bits per heavy atom. The summed E-state index contributed by atoms with van der Waals surface area (Å²) in [5, 5.41) is -0.0898. The largest absolute Gasteiger partial charge is 0.496 e. The SMILES string of the molecule is CC[C@H]1CC[C@H](N(Cc2cc(-c3ccc(N)nc3)ccc2OC)C(=O)c2sc3c(F)ccc(F)c3c2Cl)CC1. The van der Waals surface area contributed by atoms with Crippen LogP contribution in [0.25, 0.3) is 21.2 Å². The zero-order valence-electron chi connectivity index (χ0n) is 21.8. The monoisotopic (exact) mass is 569 g/mol. The number of fused-ring (bicyclic) bond motifs is 1. The normalized spacial score (nSPS) is 17.4. The topological polar surface area (TPSA) is 68.4 Å². The summed E-state index contributed by atoms with van der Waals surface area (Å²) in [7, 11) is 1.59. The lowest BCUT2D eigenvalue weighted by Crippen LogP contribution is -2.41. The maximum absolute atomic E-state index is 14.6. The Balaban J connectivity index is 1.55. The van der Waals surface area contributed by atoms with Crippen LogP contribution in [0.15, 0.2) is 48.7 Å². The molecule has 2 aromatic carbocycles. The van der Waals surface area contributed by atoms with Crippen LogP contribution in [0.3, 0.4) is 0 Å². The molecular formula is C30H30ClF2N3O2S. The fraction of sp³-hybridized carbons (Fsp3) is 0.333. The van der Waals surface area contributed by atoms with Crippen LogP contribution >= 0.6 is 22.9 Å². The summed E-state index contributed by atoms with van der Waals surface area (Å²) >= 11 is 7.45. The Labute approximate surface area is 235 Å². The number of hydrogen-bond acceptors (Lipinski definition) is 5. The van der Waals surface area contributed by atoms with Gasteiger partial charge < -0.3 is 15.4 Å². The smallest absolute Gasteiger partial charge is 0.266 e. The third-order valence-corrected chi connectivity index (χ3v) is 9.39. The molecule has 0 spiro atoms. The minimum absolute atomic E-state index is 0.0391. The van der Waals surface area contributed by atoms with Crippen LogP contribution in [0, 0.1) is 17.6 Å². The second-order valence-corrected chi connectivity index (χ2v) is 11.4. The Morgan fingerprint density at radius 2 is 1.82 bits per heavy atom. The number of halogens is 3. The standard InChI is InChI=1S/C30H30ClF2N3O2S/c1-3-17-4-8-21(9-5-17)36(30(37)29-27(31)26-22(32)10-11-23(33)28(26)39-29)16-20-14-18(6-12-24(20)38-2)19-7-13-25(34)35-15-19/h6-7,10-15,17,21H,3-5,8-9,16H2,1-2H3,(H2,34,35)/t17-,21-. The summed E-state index contributed by atoms with van der Waals surface area (Å²) in [6.07, 6.45) is 6.53. The van der Waals surface area contributed by atoms with E-state index in [1.807, 2.05) is 24.3 Å². The maximum atomic E-state index is 14.6. The van der Waals surface area contributed by atoms with Crippen molar-refractivity contribution in [2.45, 2.75) is 51.6 Å². The van der Waals surface area contributed by atoms with E-state index < -0.39 is 11.6 Å². The van der Waals surface area contributed by atoms with Crippen LogP contribution in [0.2, 0.25) is 5.02 Å². The van der Waals surface area contributed by atoms with Crippen molar-refractivity contribution in [3.05, 3.63) is 75.8 Å². The molecule has 0 radical (unpaired) electrons. The highest BCUT2D eigenvalue weighted by Crippen LogP contribution is 2.41. The predicted octanol–water partition coefficient (Wildman–Crippen LogP) is 8.10. The molecule has 2 aromatic heterocycles. The molecule has 0 saturated heterocycles. The average molecular weight is 570 g/mol. The molecule has 204 valence electrons. The molecule has 1 aliphatic rings. The van der Waals surface area contributed by atoms with Gasteiger partial charge in [0.2, 0.25) is 0 Å². The molecule has 5 rings (SSSR count). The van der Waals surface area contributed by atoms with Gasteiger partial charge in [-0.1, -0.05) is 31.0 Å². The number of nitrogens with two attached hydrogens (primary N) is 1. The predicted molar refractivity (Wildman–Crippen MR) is 153 cm³/mol. The van der Waals surface area contributed by atoms with Gasteiger partial charge in [-0.2, -0.15) is 0 Å². The number of rotatable bonds is 7. The summed E-state index contributed by atoms with van der Waals surface area (Å²) in [6, 6.07) is 11.5. The van der Waals surface area contributed by atoms with Crippen LogP contribution in [0.4, 0.5) is 14.6 Å². The Morgan fingerprint density at radius 3 is 2.46 bits per heavy atom. The van der Waals surface area contributed by atoms with Gasteiger partial charge in [0.05, 0.1) is 22.2 Å². The van der Waals surface area contributed by atoms with Crippen molar-refractivity contribution in [1.29, 1.82) is 0 Å². The van der Waals surface area contributed by atoms with Crippen molar-refractivity contribution in [1.82, 2.24) is 9.88 Å². The number of benzene rings is 2. The van der Waals surface area contributed by atoms with Gasteiger partial charge in [0, 0.05) is 29.9 Å². The van der Waals surface area contributed by atoms with E-state index in [1.54, 1.807) is 24.3 Å². The molecule has 0 atom stereocenters. The molecule has 1 aliphatic carbocycles. The number of pyridine rings is 1. The highest BCUT2D eigenvalue weighted by molar-refractivity contribution is 7.21. The molecule has 0 unspecified atom stereocenters. The highest BCUT2D eigenvalue weighted by Gasteiger charge is 2.33. The van der Waals surface area contributed by atoms with Crippen molar-refractivity contribution < 1.29 is 18.3 Å². The lowest BCUT2D eigenvalue weighted by molar-refractivity contribution is 0.0591. The number of carbonyl (C=O) groups is 1. The fourth-order valence-corrected chi connectivity index (χ4v) is 6.94. The molecule has 0 bridgehead atoms. The van der Waals surface area contributed by atoms with Crippen LogP contribution < -0.4 is 10.5 Å². The summed E-state index contributed by atoms with van der Waals surface area (Å²) in [4.78, 5) is 20.3. The number of anilines is 1. The van der Waals surface area contributed by atoms with Gasteiger partial charge in [-0.3, -0.25) is 4.79 Å².